The van der Waals surface area contributed by atoms with Crippen LogP contribution in [0.15, 0.2) is 54.7 Å². The summed E-state index contributed by atoms with van der Waals surface area (Å²) in [6.07, 6.45) is 7.09. The lowest BCUT2D eigenvalue weighted by molar-refractivity contribution is -0.121. The molecule has 1 unspecified atom stereocenters. The average Bonchev–Trinajstić information content (AvgIpc) is 3.29. The van der Waals surface area contributed by atoms with Crippen LogP contribution in [0, 0.1) is 12.8 Å². The van der Waals surface area contributed by atoms with Crippen LogP contribution in [0.3, 0.4) is 0 Å². The van der Waals surface area contributed by atoms with Gasteiger partial charge in [0, 0.05) is 49.2 Å². The summed E-state index contributed by atoms with van der Waals surface area (Å²) in [5.74, 6) is 0.858. The second kappa shape index (κ2) is 9.71. The number of imidazole rings is 1. The Morgan fingerprint density at radius 3 is 2.62 bits per heavy atom. The smallest absolute Gasteiger partial charge is 0.321 e. The Hall–Kier alpha value is -3.61. The van der Waals surface area contributed by atoms with E-state index in [1.807, 2.05) is 55.5 Å². The molecule has 2 aromatic carbocycles. The van der Waals surface area contributed by atoms with Crippen molar-refractivity contribution in [3.63, 3.8) is 0 Å². The molecular weight excluding hydrogens is 426 g/mol. The molecule has 3 heterocycles. The molecule has 3 amide bonds. The zero-order valence-corrected chi connectivity index (χ0v) is 19.6. The largest absolute Gasteiger partial charge is 0.334 e. The van der Waals surface area contributed by atoms with Gasteiger partial charge in [-0.05, 0) is 62.4 Å². The van der Waals surface area contributed by atoms with Crippen molar-refractivity contribution in [2.45, 2.75) is 45.6 Å². The first-order chi connectivity index (χ1) is 16.5. The minimum Gasteiger partial charge on any atom is -0.334 e. The molecule has 1 saturated heterocycles. The lowest BCUT2D eigenvalue weighted by Gasteiger charge is -2.32. The Morgan fingerprint density at radius 2 is 1.79 bits per heavy atom. The maximum Gasteiger partial charge on any atom is 0.321 e. The number of rotatable bonds is 4. The fraction of sp³-hybridized carbons (Fsp3) is 0.370. The molecule has 0 radical (unpaired) electrons. The highest BCUT2D eigenvalue weighted by Gasteiger charge is 2.28. The molecule has 34 heavy (non-hydrogen) atoms. The van der Waals surface area contributed by atoms with Crippen molar-refractivity contribution in [1.82, 2.24) is 14.5 Å². The minimum atomic E-state index is -0.236. The van der Waals surface area contributed by atoms with Gasteiger partial charge in [0.25, 0.3) is 0 Å². The molecule has 3 aromatic rings. The number of hydrogen-bond donors (Lipinski definition) is 2. The van der Waals surface area contributed by atoms with Crippen LogP contribution in [0.1, 0.15) is 37.1 Å². The van der Waals surface area contributed by atoms with Crippen LogP contribution in [0.25, 0.3) is 11.3 Å². The van der Waals surface area contributed by atoms with Gasteiger partial charge in [-0.2, -0.15) is 0 Å². The summed E-state index contributed by atoms with van der Waals surface area (Å²) in [5.41, 5.74) is 4.57. The first-order valence-corrected chi connectivity index (χ1v) is 12.1. The predicted octanol–water partition coefficient (Wildman–Crippen LogP) is 5.08. The van der Waals surface area contributed by atoms with Gasteiger partial charge >= 0.3 is 6.03 Å². The second-order valence-electron chi connectivity index (χ2n) is 9.35. The second-order valence-corrected chi connectivity index (χ2v) is 9.35. The molecule has 5 rings (SSSR count). The fourth-order valence-electron chi connectivity index (χ4n) is 4.85. The number of anilines is 2. The SMILES string of the molecule is Cc1cccc(NC(=O)N2CCCC(C(=O)Nc3cccc(-c4cn5c(n4)CCCC5)c3)C2)c1. The Bertz CT molecular complexity index is 1180. The van der Waals surface area contributed by atoms with Crippen LogP contribution < -0.4 is 10.6 Å². The molecule has 1 atom stereocenters. The fourth-order valence-corrected chi connectivity index (χ4v) is 4.85. The van der Waals surface area contributed by atoms with E-state index in [0.717, 1.165) is 59.8 Å². The van der Waals surface area contributed by atoms with Crippen LogP contribution in [-0.2, 0) is 17.8 Å². The Balaban J connectivity index is 1.22. The van der Waals surface area contributed by atoms with E-state index in [9.17, 15) is 9.59 Å². The maximum absolute atomic E-state index is 13.1. The van der Waals surface area contributed by atoms with Gasteiger partial charge in [0.15, 0.2) is 0 Å². The van der Waals surface area contributed by atoms with E-state index in [4.69, 9.17) is 4.98 Å². The molecule has 2 aliphatic rings. The van der Waals surface area contributed by atoms with Crippen LogP contribution >= 0.6 is 0 Å². The molecule has 7 heteroatoms. The van der Waals surface area contributed by atoms with E-state index in [1.165, 1.54) is 12.8 Å². The van der Waals surface area contributed by atoms with E-state index in [1.54, 1.807) is 4.90 Å². The highest BCUT2D eigenvalue weighted by Crippen LogP contribution is 2.26. The number of benzene rings is 2. The molecule has 1 aromatic heterocycles. The van der Waals surface area contributed by atoms with Gasteiger partial charge in [-0.25, -0.2) is 9.78 Å². The number of amides is 3. The molecule has 7 nitrogen and oxygen atoms in total. The highest BCUT2D eigenvalue weighted by molar-refractivity contribution is 5.94. The number of hydrogen-bond acceptors (Lipinski definition) is 3. The number of carbonyl (C=O) groups excluding carboxylic acids is 2. The number of nitrogens with zero attached hydrogens (tertiary/aromatic N) is 3. The van der Waals surface area contributed by atoms with E-state index in [0.29, 0.717) is 13.1 Å². The first kappa shape index (κ1) is 22.2. The number of piperidine rings is 1. The molecule has 2 N–H and O–H groups in total. The van der Waals surface area contributed by atoms with Gasteiger partial charge in [-0.15, -0.1) is 0 Å². The molecule has 0 saturated carbocycles. The normalized spacial score (nSPS) is 17.7. The van der Waals surface area contributed by atoms with Crippen molar-refractivity contribution in [2.75, 3.05) is 23.7 Å². The molecule has 0 spiro atoms. The van der Waals surface area contributed by atoms with E-state index < -0.39 is 0 Å². The Morgan fingerprint density at radius 1 is 0.971 bits per heavy atom. The van der Waals surface area contributed by atoms with Crippen molar-refractivity contribution in [2.24, 2.45) is 5.92 Å². The van der Waals surface area contributed by atoms with Crippen molar-refractivity contribution in [3.05, 3.63) is 66.1 Å². The number of nitrogens with one attached hydrogen (secondary N) is 2. The zero-order valence-electron chi connectivity index (χ0n) is 19.6. The highest BCUT2D eigenvalue weighted by atomic mass is 16.2. The number of carbonyl (C=O) groups is 2. The molecule has 0 aliphatic carbocycles. The predicted molar refractivity (Wildman–Crippen MR) is 134 cm³/mol. The van der Waals surface area contributed by atoms with Crippen molar-refractivity contribution >= 4 is 23.3 Å². The number of aromatic nitrogens is 2. The molecule has 0 bridgehead atoms. The summed E-state index contributed by atoms with van der Waals surface area (Å²) in [7, 11) is 0. The van der Waals surface area contributed by atoms with Crippen molar-refractivity contribution in [3.8, 4) is 11.3 Å². The Kier molecular flexibility index (Phi) is 6.34. The number of aryl methyl sites for hydroxylation is 3. The molecule has 2 aliphatic heterocycles. The van der Waals surface area contributed by atoms with Crippen molar-refractivity contribution < 1.29 is 9.59 Å². The maximum atomic E-state index is 13.1. The number of urea groups is 1. The third kappa shape index (κ3) is 4.98. The third-order valence-corrected chi connectivity index (χ3v) is 6.68. The van der Waals surface area contributed by atoms with Crippen LogP contribution in [0.2, 0.25) is 0 Å². The van der Waals surface area contributed by atoms with Crippen LogP contribution in [0.4, 0.5) is 16.2 Å². The minimum absolute atomic E-state index is 0.0469. The summed E-state index contributed by atoms with van der Waals surface area (Å²) in [6, 6.07) is 15.4. The van der Waals surface area contributed by atoms with Gasteiger partial charge in [0.05, 0.1) is 11.6 Å². The number of likely N-dealkylation sites (tertiary alicyclic amines) is 1. The van der Waals surface area contributed by atoms with Gasteiger partial charge < -0.3 is 20.1 Å². The van der Waals surface area contributed by atoms with E-state index >= 15 is 0 Å². The molecule has 176 valence electrons. The zero-order chi connectivity index (χ0) is 23.5. The first-order valence-electron chi connectivity index (χ1n) is 12.1. The summed E-state index contributed by atoms with van der Waals surface area (Å²) in [4.78, 5) is 32.4. The average molecular weight is 458 g/mol. The quantitative estimate of drug-likeness (QED) is 0.574. The van der Waals surface area contributed by atoms with Gasteiger partial charge in [-0.1, -0.05) is 24.3 Å². The molecular formula is C27H31N5O2. The van der Waals surface area contributed by atoms with Crippen LogP contribution in [-0.4, -0.2) is 39.5 Å². The summed E-state index contributed by atoms with van der Waals surface area (Å²) in [5, 5.41) is 6.02. The number of fused-ring (bicyclic) bond motifs is 1. The van der Waals surface area contributed by atoms with Crippen LogP contribution in [0.5, 0.6) is 0 Å². The van der Waals surface area contributed by atoms with E-state index in [-0.39, 0.29) is 17.9 Å². The summed E-state index contributed by atoms with van der Waals surface area (Å²) in [6.45, 7) is 4.08. The Labute approximate surface area is 200 Å². The van der Waals surface area contributed by atoms with Gasteiger partial charge in [-0.3, -0.25) is 4.79 Å². The topological polar surface area (TPSA) is 79.3 Å². The van der Waals surface area contributed by atoms with Gasteiger partial charge in [0.1, 0.15) is 5.82 Å². The standard InChI is InChI=1S/C27H31N5O2/c1-19-7-4-10-22(15-19)29-27(34)32-14-6-9-21(17-32)26(33)28-23-11-5-8-20(16-23)24-18-31-13-3-2-12-25(31)30-24/h4-5,7-8,10-11,15-16,18,21H,2-3,6,9,12-14,17H2,1H3,(H,28,33)(H,29,34). The lowest BCUT2D eigenvalue weighted by Crippen LogP contribution is -2.45. The third-order valence-electron chi connectivity index (χ3n) is 6.68. The monoisotopic (exact) mass is 457 g/mol. The van der Waals surface area contributed by atoms with E-state index in [2.05, 4.69) is 21.4 Å². The van der Waals surface area contributed by atoms with Crippen molar-refractivity contribution in [1.29, 1.82) is 0 Å². The molecule has 1 fully saturated rings. The summed E-state index contributed by atoms with van der Waals surface area (Å²) >= 11 is 0. The summed E-state index contributed by atoms with van der Waals surface area (Å²) < 4.78 is 2.24. The lowest BCUT2D eigenvalue weighted by atomic mass is 9.97. The van der Waals surface area contributed by atoms with Gasteiger partial charge in [0.2, 0.25) is 5.91 Å².